The summed E-state index contributed by atoms with van der Waals surface area (Å²) in [6, 6.07) is 17.2. The zero-order valence-corrected chi connectivity index (χ0v) is 15.9. The van der Waals surface area contributed by atoms with Gasteiger partial charge < -0.3 is 15.1 Å². The van der Waals surface area contributed by atoms with E-state index >= 15 is 0 Å². The summed E-state index contributed by atoms with van der Waals surface area (Å²) >= 11 is 0. The Morgan fingerprint density at radius 3 is 2.46 bits per heavy atom. The second-order valence-electron chi connectivity index (χ2n) is 6.46. The highest BCUT2D eigenvalue weighted by atomic mass is 32.2. The van der Waals surface area contributed by atoms with E-state index in [1.165, 1.54) is 12.3 Å². The molecule has 0 atom stereocenters. The predicted octanol–water partition coefficient (Wildman–Crippen LogP) is 3.47. The molecule has 0 radical (unpaired) electrons. The summed E-state index contributed by atoms with van der Waals surface area (Å²) in [5, 5.41) is 5.75. The summed E-state index contributed by atoms with van der Waals surface area (Å²) in [6.45, 7) is 2.19. The van der Waals surface area contributed by atoms with E-state index in [4.69, 9.17) is 4.42 Å². The highest BCUT2D eigenvalue weighted by molar-refractivity contribution is 7.97. The molecule has 3 aromatic rings. The Kier molecular flexibility index (Phi) is 4.52. The SMILES string of the molecule is Cc1ccc(NC(=O)C2=C(NCc3ccco3)c3ccccc3S2(=O)=O)cc1. The van der Waals surface area contributed by atoms with Crippen LogP contribution >= 0.6 is 0 Å². The van der Waals surface area contributed by atoms with E-state index in [2.05, 4.69) is 10.6 Å². The van der Waals surface area contributed by atoms with E-state index in [0.717, 1.165) is 5.56 Å². The standard InChI is InChI=1S/C21H18N2O4S/c1-14-8-10-15(11-9-14)23-21(24)20-19(22-13-16-5-4-12-27-16)17-6-2-3-7-18(17)28(20,25)26/h2-12,22H,13H2,1H3,(H,23,24). The van der Waals surface area contributed by atoms with E-state index in [1.54, 1.807) is 42.5 Å². The zero-order chi connectivity index (χ0) is 19.7. The van der Waals surface area contributed by atoms with Crippen LogP contribution in [-0.2, 0) is 21.2 Å². The van der Waals surface area contributed by atoms with Crippen molar-refractivity contribution in [3.8, 4) is 0 Å². The molecule has 0 unspecified atom stereocenters. The second-order valence-corrected chi connectivity index (χ2v) is 8.31. The molecule has 7 heteroatoms. The molecule has 6 nitrogen and oxygen atoms in total. The van der Waals surface area contributed by atoms with E-state index in [1.807, 2.05) is 19.1 Å². The van der Waals surface area contributed by atoms with Crippen LogP contribution in [0.5, 0.6) is 0 Å². The number of aryl methyl sites for hydroxylation is 1. The van der Waals surface area contributed by atoms with Crippen LogP contribution in [0.4, 0.5) is 5.69 Å². The van der Waals surface area contributed by atoms with Gasteiger partial charge in [0.1, 0.15) is 5.76 Å². The van der Waals surface area contributed by atoms with Crippen LogP contribution in [0.1, 0.15) is 16.9 Å². The molecule has 2 aromatic carbocycles. The lowest BCUT2D eigenvalue weighted by molar-refractivity contribution is -0.112. The molecule has 4 rings (SSSR count). The molecule has 2 N–H and O–H groups in total. The van der Waals surface area contributed by atoms with Gasteiger partial charge in [-0.3, -0.25) is 4.79 Å². The van der Waals surface area contributed by atoms with Crippen LogP contribution in [0.3, 0.4) is 0 Å². The fourth-order valence-corrected chi connectivity index (χ4v) is 4.78. The third kappa shape index (κ3) is 3.20. The zero-order valence-electron chi connectivity index (χ0n) is 15.1. The van der Waals surface area contributed by atoms with Gasteiger partial charge in [-0.05, 0) is 37.3 Å². The molecule has 1 amide bonds. The maximum Gasteiger partial charge on any atom is 0.269 e. The Balaban J connectivity index is 1.73. The van der Waals surface area contributed by atoms with Gasteiger partial charge in [0.25, 0.3) is 5.91 Å². The van der Waals surface area contributed by atoms with Crippen LogP contribution in [-0.4, -0.2) is 14.3 Å². The molecule has 142 valence electrons. The van der Waals surface area contributed by atoms with Crippen molar-refractivity contribution < 1.29 is 17.6 Å². The van der Waals surface area contributed by atoms with Gasteiger partial charge in [0.05, 0.1) is 23.4 Å². The largest absolute Gasteiger partial charge is 0.467 e. The van der Waals surface area contributed by atoms with Crippen molar-refractivity contribution in [1.29, 1.82) is 0 Å². The minimum atomic E-state index is -3.94. The third-order valence-corrected chi connectivity index (χ3v) is 6.34. The van der Waals surface area contributed by atoms with Gasteiger partial charge in [-0.1, -0.05) is 35.9 Å². The number of hydrogen-bond donors (Lipinski definition) is 2. The first-order valence-corrected chi connectivity index (χ1v) is 10.2. The molecular formula is C21H18N2O4S. The Morgan fingerprint density at radius 1 is 1.00 bits per heavy atom. The molecule has 0 bridgehead atoms. The Morgan fingerprint density at radius 2 is 1.75 bits per heavy atom. The van der Waals surface area contributed by atoms with Crippen molar-refractivity contribution in [3.63, 3.8) is 0 Å². The summed E-state index contributed by atoms with van der Waals surface area (Å²) in [4.78, 5) is 12.8. The number of hydrogen-bond acceptors (Lipinski definition) is 5. The van der Waals surface area contributed by atoms with Crippen molar-refractivity contribution in [2.75, 3.05) is 5.32 Å². The highest BCUT2D eigenvalue weighted by Gasteiger charge is 2.39. The number of furan rings is 1. The molecule has 1 aliphatic rings. The molecule has 0 saturated heterocycles. The number of carbonyl (C=O) groups excluding carboxylic acids is 1. The number of fused-ring (bicyclic) bond motifs is 1. The smallest absolute Gasteiger partial charge is 0.269 e. The molecule has 0 aliphatic carbocycles. The summed E-state index contributed by atoms with van der Waals surface area (Å²) in [5.74, 6) is -0.0467. The fourth-order valence-electron chi connectivity index (χ4n) is 3.10. The van der Waals surface area contributed by atoms with Gasteiger partial charge in [-0.25, -0.2) is 8.42 Å². The number of anilines is 1. The first-order chi connectivity index (χ1) is 13.5. The number of amides is 1. The lowest BCUT2D eigenvalue weighted by Crippen LogP contribution is -2.22. The first-order valence-electron chi connectivity index (χ1n) is 8.70. The van der Waals surface area contributed by atoms with Gasteiger partial charge in [-0.15, -0.1) is 0 Å². The lowest BCUT2D eigenvalue weighted by Gasteiger charge is -2.10. The van der Waals surface area contributed by atoms with Gasteiger partial charge >= 0.3 is 0 Å². The quantitative estimate of drug-likeness (QED) is 0.692. The highest BCUT2D eigenvalue weighted by Crippen LogP contribution is 2.38. The Bertz CT molecular complexity index is 1160. The maximum atomic E-state index is 13.1. The van der Waals surface area contributed by atoms with E-state index in [-0.39, 0.29) is 22.0 Å². The van der Waals surface area contributed by atoms with Crippen LogP contribution < -0.4 is 10.6 Å². The number of carbonyl (C=O) groups is 1. The second kappa shape index (κ2) is 7.01. The van der Waals surface area contributed by atoms with Gasteiger partial charge in [-0.2, -0.15) is 0 Å². The van der Waals surface area contributed by atoms with Gasteiger partial charge in [0.2, 0.25) is 9.84 Å². The molecule has 0 spiro atoms. The van der Waals surface area contributed by atoms with Crippen molar-refractivity contribution in [2.24, 2.45) is 0 Å². The fraction of sp³-hybridized carbons (Fsp3) is 0.0952. The average molecular weight is 394 g/mol. The van der Waals surface area contributed by atoms with Gasteiger partial charge in [0, 0.05) is 11.3 Å². The topological polar surface area (TPSA) is 88.4 Å². The molecule has 0 saturated carbocycles. The molecular weight excluding hydrogens is 376 g/mol. The Hall–Kier alpha value is -3.32. The van der Waals surface area contributed by atoms with Crippen LogP contribution in [0.25, 0.3) is 5.70 Å². The number of nitrogens with one attached hydrogen (secondary N) is 2. The summed E-state index contributed by atoms with van der Waals surface area (Å²) < 4.78 is 31.4. The van der Waals surface area contributed by atoms with E-state index in [9.17, 15) is 13.2 Å². The summed E-state index contributed by atoms with van der Waals surface area (Å²) in [6.07, 6.45) is 1.54. The molecule has 28 heavy (non-hydrogen) atoms. The van der Waals surface area contributed by atoms with E-state index < -0.39 is 15.7 Å². The third-order valence-electron chi connectivity index (χ3n) is 4.48. The monoisotopic (exact) mass is 394 g/mol. The number of rotatable bonds is 5. The van der Waals surface area contributed by atoms with E-state index in [0.29, 0.717) is 17.0 Å². The molecule has 0 fully saturated rings. The lowest BCUT2D eigenvalue weighted by atomic mass is 10.1. The van der Waals surface area contributed by atoms with Crippen molar-refractivity contribution in [1.82, 2.24) is 5.32 Å². The van der Waals surface area contributed by atoms with Crippen LogP contribution in [0.2, 0.25) is 0 Å². The molecule has 1 aliphatic heterocycles. The van der Waals surface area contributed by atoms with Crippen molar-refractivity contribution in [3.05, 3.63) is 88.7 Å². The molecule has 1 aromatic heterocycles. The maximum absolute atomic E-state index is 13.1. The summed E-state index contributed by atoms with van der Waals surface area (Å²) in [5.41, 5.74) is 2.32. The Labute approximate surface area is 162 Å². The van der Waals surface area contributed by atoms with Crippen LogP contribution in [0, 0.1) is 6.92 Å². The first kappa shape index (κ1) is 18.1. The minimum Gasteiger partial charge on any atom is -0.467 e. The number of benzene rings is 2. The normalized spacial score (nSPS) is 14.6. The van der Waals surface area contributed by atoms with Crippen molar-refractivity contribution >= 4 is 27.1 Å². The van der Waals surface area contributed by atoms with Crippen molar-refractivity contribution in [2.45, 2.75) is 18.4 Å². The average Bonchev–Trinajstić information content (AvgIpc) is 3.27. The summed E-state index contributed by atoms with van der Waals surface area (Å²) in [7, 11) is -3.94. The van der Waals surface area contributed by atoms with Crippen LogP contribution in [0.15, 0.2) is 81.1 Å². The predicted molar refractivity (Wildman–Crippen MR) is 106 cm³/mol. The number of sulfone groups is 1. The minimum absolute atomic E-state index is 0.117. The molecule has 2 heterocycles. The van der Waals surface area contributed by atoms with Gasteiger partial charge in [0.15, 0.2) is 4.91 Å².